The summed E-state index contributed by atoms with van der Waals surface area (Å²) in [6, 6.07) is 0. The van der Waals surface area contributed by atoms with Gasteiger partial charge in [0.05, 0.1) is 32.0 Å². The molecule has 2 aliphatic heterocycles. The number of hydrogen-bond donors (Lipinski definition) is 4. The fourth-order valence-electron chi connectivity index (χ4n) is 3.37. The first-order chi connectivity index (χ1) is 15.0. The minimum absolute atomic E-state index is 0.0635. The van der Waals surface area contributed by atoms with Crippen LogP contribution in [0.2, 0.25) is 0 Å². The highest BCUT2D eigenvalue weighted by atomic mass is 31.2. The first kappa shape index (κ1) is 28.0. The lowest BCUT2D eigenvalue weighted by Crippen LogP contribution is -2.55. The van der Waals surface area contributed by atoms with E-state index >= 15 is 0 Å². The molecule has 190 valence electrons. The van der Waals surface area contributed by atoms with Crippen LogP contribution in [0.5, 0.6) is 0 Å². The molecule has 6 unspecified atom stereocenters. The monoisotopic (exact) mass is 486 g/mol. The number of ether oxygens (including phenoxy) is 4. The van der Waals surface area contributed by atoms with Gasteiger partial charge in [0.1, 0.15) is 43.0 Å². The average molecular weight is 486 g/mol. The van der Waals surface area contributed by atoms with Crippen molar-refractivity contribution in [2.75, 3.05) is 26.9 Å². The minimum Gasteiger partial charge on any atom is -0.386 e. The number of aliphatic hydroxyl groups is 2. The molecule has 12 nitrogen and oxygen atoms in total. The lowest BCUT2D eigenvalue weighted by molar-refractivity contribution is -0.173. The molecule has 6 N–H and O–H groups in total. The summed E-state index contributed by atoms with van der Waals surface area (Å²) in [6.07, 6.45) is -6.47. The maximum Gasteiger partial charge on any atom is 0.474 e. The Morgan fingerprint density at radius 3 is 2.34 bits per heavy atom. The molecule has 0 amide bonds. The summed E-state index contributed by atoms with van der Waals surface area (Å²) in [5, 5.41) is 20.8. The van der Waals surface area contributed by atoms with Gasteiger partial charge in [0.15, 0.2) is 0 Å². The number of nitrogens with two attached hydrogens (primary N) is 2. The van der Waals surface area contributed by atoms with Crippen molar-refractivity contribution in [2.45, 2.75) is 89.3 Å². The topological polar surface area (TPSA) is 174 Å². The van der Waals surface area contributed by atoms with E-state index in [4.69, 9.17) is 44.0 Å². The van der Waals surface area contributed by atoms with Gasteiger partial charge in [-0.1, -0.05) is 6.92 Å². The van der Waals surface area contributed by atoms with Gasteiger partial charge in [0, 0.05) is 13.0 Å². The first-order valence-electron chi connectivity index (χ1n) is 10.9. The standard InChI is InChI=1S/C19H39N2O10P/c1-6-11(4)29-17-13(30-19(21)15(17)23)9-28-32(24,25-5)31-16-12(7-26-10(2)3)8-27-18(20)14(16)22/h10-19,22-23H,6-9,20-21H2,1-5H3/t11?,12-,13+,14?,15?,16?,17?,18+,19+,32?/m0/s1. The second kappa shape index (κ2) is 12.5. The maximum atomic E-state index is 13.2. The number of hydrogen-bond acceptors (Lipinski definition) is 12. The van der Waals surface area contributed by atoms with E-state index in [1.165, 1.54) is 0 Å². The molecule has 2 saturated heterocycles. The molecule has 0 radical (unpaired) electrons. The molecule has 2 rings (SSSR count). The van der Waals surface area contributed by atoms with Crippen LogP contribution in [0.1, 0.15) is 34.1 Å². The van der Waals surface area contributed by atoms with E-state index in [1.54, 1.807) is 0 Å². The summed E-state index contributed by atoms with van der Waals surface area (Å²) in [4.78, 5) is 0. The molecule has 10 atom stereocenters. The van der Waals surface area contributed by atoms with Crippen LogP contribution >= 0.6 is 7.82 Å². The van der Waals surface area contributed by atoms with Gasteiger partial charge in [0.25, 0.3) is 0 Å². The predicted molar refractivity (Wildman–Crippen MR) is 113 cm³/mol. The lowest BCUT2D eigenvalue weighted by atomic mass is 9.96. The molecule has 0 spiro atoms. The Hall–Kier alpha value is -0.210. The fraction of sp³-hybridized carbons (Fsp3) is 1.00. The zero-order chi connectivity index (χ0) is 24.1. The van der Waals surface area contributed by atoms with Gasteiger partial charge in [-0.2, -0.15) is 0 Å². The number of aliphatic hydroxyl groups excluding tert-OH is 2. The second-order valence-electron chi connectivity index (χ2n) is 8.38. The van der Waals surface area contributed by atoms with E-state index in [1.807, 2.05) is 27.7 Å². The Balaban J connectivity index is 2.06. The highest BCUT2D eigenvalue weighted by Crippen LogP contribution is 2.52. The molecule has 13 heteroatoms. The molecule has 0 aromatic carbocycles. The normalized spacial score (nSPS) is 38.7. The molecule has 32 heavy (non-hydrogen) atoms. The van der Waals surface area contributed by atoms with Crippen LogP contribution in [0.3, 0.4) is 0 Å². The van der Waals surface area contributed by atoms with Crippen LogP contribution in [0.25, 0.3) is 0 Å². The summed E-state index contributed by atoms with van der Waals surface area (Å²) in [6.45, 7) is 7.56. The zero-order valence-corrected chi connectivity index (χ0v) is 20.3. The Kier molecular flexibility index (Phi) is 10.9. The molecular weight excluding hydrogens is 447 g/mol. The summed E-state index contributed by atoms with van der Waals surface area (Å²) < 4.78 is 51.6. The third kappa shape index (κ3) is 7.39. The van der Waals surface area contributed by atoms with Crippen molar-refractivity contribution in [1.29, 1.82) is 0 Å². The molecule has 0 bridgehead atoms. The minimum atomic E-state index is -4.16. The summed E-state index contributed by atoms with van der Waals surface area (Å²) in [5.41, 5.74) is 11.6. The second-order valence-corrected chi connectivity index (χ2v) is 10.1. The van der Waals surface area contributed by atoms with Gasteiger partial charge in [-0.15, -0.1) is 0 Å². The van der Waals surface area contributed by atoms with Crippen LogP contribution in [0.4, 0.5) is 0 Å². The summed E-state index contributed by atoms with van der Waals surface area (Å²) >= 11 is 0. The van der Waals surface area contributed by atoms with Crippen LogP contribution in [-0.4, -0.2) is 92.3 Å². The molecule has 0 saturated carbocycles. The van der Waals surface area contributed by atoms with E-state index in [0.29, 0.717) is 6.42 Å². The van der Waals surface area contributed by atoms with Gasteiger partial charge in [-0.3, -0.25) is 13.6 Å². The Morgan fingerprint density at radius 2 is 1.75 bits per heavy atom. The van der Waals surface area contributed by atoms with E-state index < -0.39 is 56.7 Å². The largest absolute Gasteiger partial charge is 0.474 e. The molecule has 2 fully saturated rings. The predicted octanol–water partition coefficient (Wildman–Crippen LogP) is 0.0880. The third-order valence-corrected chi connectivity index (χ3v) is 6.91. The van der Waals surface area contributed by atoms with E-state index in [0.717, 1.165) is 7.11 Å². The molecule has 2 aliphatic rings. The fourth-order valence-corrected chi connectivity index (χ4v) is 4.55. The molecular formula is C19H39N2O10P. The van der Waals surface area contributed by atoms with Crippen LogP contribution in [0.15, 0.2) is 0 Å². The number of rotatable bonds is 12. The SMILES string of the molecule is CCC(C)OC1C(O)[C@H](N)O[C@@H]1COP(=O)(OC)OC1C(O)[C@H](N)OC[C@@H]1COC(C)C. The van der Waals surface area contributed by atoms with Crippen molar-refractivity contribution in [3.63, 3.8) is 0 Å². The van der Waals surface area contributed by atoms with Gasteiger partial charge in [0.2, 0.25) is 0 Å². The molecule has 0 aromatic heterocycles. The highest BCUT2D eigenvalue weighted by molar-refractivity contribution is 7.48. The maximum absolute atomic E-state index is 13.2. The molecule has 2 heterocycles. The van der Waals surface area contributed by atoms with Crippen LogP contribution in [0, 0.1) is 5.92 Å². The number of phosphoric acid groups is 1. The van der Waals surface area contributed by atoms with Crippen molar-refractivity contribution in [3.8, 4) is 0 Å². The number of phosphoric ester groups is 1. The third-order valence-electron chi connectivity index (χ3n) is 5.49. The highest BCUT2D eigenvalue weighted by Gasteiger charge is 2.47. The van der Waals surface area contributed by atoms with Crippen molar-refractivity contribution in [1.82, 2.24) is 0 Å². The van der Waals surface area contributed by atoms with Gasteiger partial charge in [-0.25, -0.2) is 4.57 Å². The van der Waals surface area contributed by atoms with Crippen LogP contribution < -0.4 is 11.5 Å². The Morgan fingerprint density at radius 1 is 1.09 bits per heavy atom. The Labute approximate surface area is 189 Å². The average Bonchev–Trinajstić information content (AvgIpc) is 3.02. The molecule has 0 aromatic rings. The van der Waals surface area contributed by atoms with Crippen LogP contribution in [-0.2, 0) is 37.1 Å². The summed E-state index contributed by atoms with van der Waals surface area (Å²) in [5.74, 6) is -0.460. The van der Waals surface area contributed by atoms with Crippen molar-refractivity contribution in [3.05, 3.63) is 0 Å². The zero-order valence-electron chi connectivity index (χ0n) is 19.4. The molecule has 0 aliphatic carbocycles. The van der Waals surface area contributed by atoms with E-state index in [2.05, 4.69) is 0 Å². The van der Waals surface area contributed by atoms with Crippen molar-refractivity contribution >= 4 is 7.82 Å². The first-order valence-corrected chi connectivity index (χ1v) is 12.4. The van der Waals surface area contributed by atoms with Crippen molar-refractivity contribution < 1.29 is 47.3 Å². The summed E-state index contributed by atoms with van der Waals surface area (Å²) in [7, 11) is -3.00. The Bertz CT molecular complexity index is 615. The van der Waals surface area contributed by atoms with Gasteiger partial charge < -0.3 is 40.6 Å². The quantitative estimate of drug-likeness (QED) is 0.274. The van der Waals surface area contributed by atoms with Gasteiger partial charge in [-0.05, 0) is 27.2 Å². The van der Waals surface area contributed by atoms with E-state index in [-0.39, 0.29) is 32.0 Å². The smallest absolute Gasteiger partial charge is 0.386 e. The lowest BCUT2D eigenvalue weighted by Gasteiger charge is -2.39. The van der Waals surface area contributed by atoms with Gasteiger partial charge >= 0.3 is 7.82 Å². The van der Waals surface area contributed by atoms with E-state index in [9.17, 15) is 14.8 Å². The van der Waals surface area contributed by atoms with Crippen molar-refractivity contribution in [2.24, 2.45) is 17.4 Å².